The predicted molar refractivity (Wildman–Crippen MR) is 217 cm³/mol. The minimum Gasteiger partial charge on any atom is -0.400 e. The molecule has 0 aliphatic rings. The van der Waals surface area contributed by atoms with E-state index in [1.165, 1.54) is 22.5 Å². The molecule has 1 heterocycles. The number of benzene rings is 4. The van der Waals surface area contributed by atoms with Gasteiger partial charge >= 0.3 is 8.03 Å². The Hall–Kier alpha value is -4.24. The highest BCUT2D eigenvalue weighted by atomic mass is 31.1. The van der Waals surface area contributed by atoms with Crippen molar-refractivity contribution in [2.45, 2.75) is 78.4 Å². The molecule has 0 saturated heterocycles. The van der Waals surface area contributed by atoms with Crippen molar-refractivity contribution in [1.82, 2.24) is 4.98 Å². The Bertz CT molecular complexity index is 1960. The zero-order valence-corrected chi connectivity index (χ0v) is 33.3. The first kappa shape index (κ1) is 39.0. The van der Waals surface area contributed by atoms with Gasteiger partial charge in [-0.25, -0.2) is 4.39 Å². The largest absolute Gasteiger partial charge is 0.511 e. The number of hydrogen-bond donors (Lipinski definition) is 0. The van der Waals surface area contributed by atoms with Gasteiger partial charge in [-0.3, -0.25) is 4.98 Å². The van der Waals surface area contributed by atoms with Gasteiger partial charge in [0.1, 0.15) is 5.82 Å². The van der Waals surface area contributed by atoms with Crippen molar-refractivity contribution in [3.8, 4) is 34.2 Å². The molecule has 0 radical (unpaired) electrons. The molecule has 0 spiro atoms. The molecular formula is C45H50FNO3PSi+. The number of aromatic nitrogens is 1. The Morgan fingerprint density at radius 2 is 1.37 bits per heavy atom. The van der Waals surface area contributed by atoms with Crippen molar-refractivity contribution in [2.24, 2.45) is 0 Å². The van der Waals surface area contributed by atoms with E-state index in [4.69, 9.17) is 13.9 Å². The fraction of sp³-hybridized carbons (Fsp3) is 0.311. The van der Waals surface area contributed by atoms with Crippen LogP contribution in [0.3, 0.4) is 0 Å². The van der Waals surface area contributed by atoms with E-state index in [1.807, 2.05) is 30.3 Å². The molecule has 5 aromatic rings. The molecule has 0 amide bonds. The number of halogens is 1. The number of rotatable bonds is 13. The molecule has 0 aliphatic heterocycles. The fourth-order valence-corrected chi connectivity index (χ4v) is 12.8. The molecule has 0 N–H and O–H groups in total. The fourth-order valence-electron chi connectivity index (χ4n) is 6.94. The van der Waals surface area contributed by atoms with E-state index < -0.39 is 16.3 Å². The second kappa shape index (κ2) is 17.5. The van der Waals surface area contributed by atoms with Crippen LogP contribution in [0, 0.1) is 17.7 Å². The van der Waals surface area contributed by atoms with Gasteiger partial charge in [0.2, 0.25) is 6.16 Å². The summed E-state index contributed by atoms with van der Waals surface area (Å²) in [7, 11) is -4.89. The van der Waals surface area contributed by atoms with Crippen molar-refractivity contribution in [2.75, 3.05) is 12.8 Å². The predicted octanol–water partition coefficient (Wildman–Crippen LogP) is 10.7. The van der Waals surface area contributed by atoms with Crippen molar-refractivity contribution < 1.29 is 17.9 Å². The summed E-state index contributed by atoms with van der Waals surface area (Å²) >= 11 is 0. The molecule has 5 rings (SSSR count). The summed E-state index contributed by atoms with van der Waals surface area (Å²) in [6, 6.07) is 37.7. The van der Waals surface area contributed by atoms with Gasteiger partial charge in [0, 0.05) is 11.1 Å². The van der Waals surface area contributed by atoms with E-state index in [2.05, 4.69) is 121 Å². The monoisotopic (exact) mass is 730 g/mol. The van der Waals surface area contributed by atoms with Crippen LogP contribution in [-0.2, 0) is 19.9 Å². The smallest absolute Gasteiger partial charge is 0.400 e. The molecule has 0 bridgehead atoms. The highest BCUT2D eigenvalue weighted by Crippen LogP contribution is 2.40. The molecule has 2 unspecified atom stereocenters. The normalized spacial score (nSPS) is 12.7. The SMILES string of the molecule is CCc1c(-c2ccccc2)nc(C(C)C)c(C#CCO[P+](=O)CC(CC)O[Si](c2ccccc2)(c2ccccc2)C(C)(C)C)c1-c1ccc(F)cc1. The van der Waals surface area contributed by atoms with Gasteiger partial charge in [0.05, 0.1) is 23.1 Å². The highest BCUT2D eigenvalue weighted by molar-refractivity contribution is 7.39. The first-order valence-corrected chi connectivity index (χ1v) is 21.5. The van der Waals surface area contributed by atoms with Crippen LogP contribution in [0.15, 0.2) is 115 Å². The summed E-state index contributed by atoms with van der Waals surface area (Å²) in [6.07, 6.45) is 1.40. The van der Waals surface area contributed by atoms with E-state index >= 15 is 0 Å². The zero-order chi connectivity index (χ0) is 37.3. The van der Waals surface area contributed by atoms with Crippen molar-refractivity contribution >= 4 is 26.7 Å². The van der Waals surface area contributed by atoms with Gasteiger partial charge in [0.25, 0.3) is 8.32 Å². The van der Waals surface area contributed by atoms with Crippen LogP contribution < -0.4 is 10.4 Å². The van der Waals surface area contributed by atoms with E-state index in [9.17, 15) is 8.96 Å². The summed E-state index contributed by atoms with van der Waals surface area (Å²) in [5.41, 5.74) is 6.45. The maximum absolute atomic E-state index is 14.1. The Balaban J connectivity index is 1.44. The molecular weight excluding hydrogens is 681 g/mol. The van der Waals surface area contributed by atoms with Gasteiger partial charge in [-0.1, -0.05) is 163 Å². The standard InChI is InChI=1S/C45H50FNO3PSi/c1-8-37(50-52(45(5,6)7,38-22-15-11-16-23-38)39-24-17-12-18-25-39)32-51(48)49-31-19-26-41-42(34-27-29-36(46)30-28-34)40(9-2)44(47-43(41)33(3)4)35-20-13-10-14-21-35/h10-18,20-25,27-30,33,37H,8-9,31-32H2,1-7H3/q+1. The van der Waals surface area contributed by atoms with Gasteiger partial charge in [-0.05, 0) is 62.0 Å². The number of nitrogens with zero attached hydrogens (tertiary/aromatic N) is 1. The molecule has 52 heavy (non-hydrogen) atoms. The first-order chi connectivity index (χ1) is 25.0. The minimum atomic E-state index is -2.82. The van der Waals surface area contributed by atoms with Gasteiger partial charge in [-0.2, -0.15) is 0 Å². The lowest BCUT2D eigenvalue weighted by Crippen LogP contribution is -2.67. The lowest BCUT2D eigenvalue weighted by molar-refractivity contribution is 0.200. The van der Waals surface area contributed by atoms with Crippen LogP contribution in [0.1, 0.15) is 77.6 Å². The quantitative estimate of drug-likeness (QED) is 0.0688. The third kappa shape index (κ3) is 8.68. The van der Waals surface area contributed by atoms with Crippen LogP contribution in [0.2, 0.25) is 5.04 Å². The van der Waals surface area contributed by atoms with Crippen LogP contribution in [0.4, 0.5) is 4.39 Å². The lowest BCUT2D eigenvalue weighted by atomic mass is 9.87. The minimum absolute atomic E-state index is 0.00681. The Kier molecular flexibility index (Phi) is 13.1. The highest BCUT2D eigenvalue weighted by Gasteiger charge is 2.52. The summed E-state index contributed by atoms with van der Waals surface area (Å²) in [6.45, 7) is 15.1. The molecule has 268 valence electrons. The number of pyridine rings is 1. The van der Waals surface area contributed by atoms with Crippen molar-refractivity contribution in [3.63, 3.8) is 0 Å². The number of hydrogen-bond acceptors (Lipinski definition) is 4. The van der Waals surface area contributed by atoms with Gasteiger partial charge < -0.3 is 4.43 Å². The van der Waals surface area contributed by atoms with E-state index in [-0.39, 0.29) is 35.6 Å². The molecule has 2 atom stereocenters. The molecule has 0 saturated carbocycles. The van der Waals surface area contributed by atoms with Crippen LogP contribution in [0.25, 0.3) is 22.4 Å². The van der Waals surface area contributed by atoms with E-state index in [1.54, 1.807) is 12.1 Å². The maximum atomic E-state index is 14.1. The summed E-state index contributed by atoms with van der Waals surface area (Å²) < 4.78 is 40.9. The van der Waals surface area contributed by atoms with E-state index in [0.717, 1.165) is 39.2 Å². The van der Waals surface area contributed by atoms with Gasteiger partial charge in [-0.15, -0.1) is 4.52 Å². The topological polar surface area (TPSA) is 48.4 Å². The summed E-state index contributed by atoms with van der Waals surface area (Å²) in [5.74, 6) is 6.32. The third-order valence-electron chi connectivity index (χ3n) is 9.47. The van der Waals surface area contributed by atoms with Crippen molar-refractivity contribution in [1.29, 1.82) is 0 Å². The average Bonchev–Trinajstić information content (AvgIpc) is 3.15. The Morgan fingerprint density at radius 1 is 0.808 bits per heavy atom. The summed E-state index contributed by atoms with van der Waals surface area (Å²) in [5, 5.41) is 2.18. The molecule has 7 heteroatoms. The Morgan fingerprint density at radius 3 is 1.87 bits per heavy atom. The second-order valence-electron chi connectivity index (χ2n) is 14.4. The molecule has 4 aromatic carbocycles. The lowest BCUT2D eigenvalue weighted by Gasteiger charge is -2.44. The molecule has 0 fully saturated rings. The third-order valence-corrected chi connectivity index (χ3v) is 15.7. The maximum Gasteiger partial charge on any atom is 0.511 e. The summed E-state index contributed by atoms with van der Waals surface area (Å²) in [4.78, 5) is 5.20. The van der Waals surface area contributed by atoms with Crippen LogP contribution in [0.5, 0.6) is 0 Å². The molecule has 4 nitrogen and oxygen atoms in total. The van der Waals surface area contributed by atoms with Gasteiger partial charge in [0.15, 0.2) is 6.61 Å². The zero-order valence-electron chi connectivity index (χ0n) is 31.4. The first-order valence-electron chi connectivity index (χ1n) is 18.2. The van der Waals surface area contributed by atoms with Crippen LogP contribution in [-0.4, -0.2) is 32.2 Å². The average molecular weight is 731 g/mol. The van der Waals surface area contributed by atoms with E-state index in [0.29, 0.717) is 12.8 Å². The van der Waals surface area contributed by atoms with Crippen LogP contribution >= 0.6 is 8.03 Å². The Labute approximate surface area is 311 Å². The second-order valence-corrected chi connectivity index (χ2v) is 19.9. The van der Waals surface area contributed by atoms with Crippen molar-refractivity contribution in [3.05, 3.63) is 138 Å². The molecule has 0 aliphatic carbocycles. The molecule has 1 aromatic heterocycles.